The normalized spacial score (nSPS) is 13.1. The van der Waals surface area contributed by atoms with Crippen LogP contribution < -0.4 is 15.5 Å². The number of nitrogens with zero attached hydrogens (tertiary/aromatic N) is 1. The quantitative estimate of drug-likeness (QED) is 0.870. The molecule has 0 atom stereocenters. The van der Waals surface area contributed by atoms with Gasteiger partial charge in [0.1, 0.15) is 0 Å². The summed E-state index contributed by atoms with van der Waals surface area (Å²) in [4.78, 5) is 26.0. The van der Waals surface area contributed by atoms with Crippen molar-refractivity contribution in [2.45, 2.75) is 33.2 Å². The first-order chi connectivity index (χ1) is 12.5. The van der Waals surface area contributed by atoms with Crippen LogP contribution >= 0.6 is 0 Å². The predicted molar refractivity (Wildman–Crippen MR) is 104 cm³/mol. The van der Waals surface area contributed by atoms with Gasteiger partial charge in [-0.05, 0) is 48.6 Å². The van der Waals surface area contributed by atoms with Crippen LogP contribution in [-0.4, -0.2) is 24.9 Å². The molecule has 1 aliphatic heterocycles. The maximum Gasteiger partial charge on any atom is 0.239 e. The average molecular weight is 351 g/mol. The Balaban J connectivity index is 1.67. The highest BCUT2D eigenvalue weighted by molar-refractivity contribution is 5.91. The van der Waals surface area contributed by atoms with Crippen LogP contribution in [0.15, 0.2) is 42.5 Å². The van der Waals surface area contributed by atoms with Crippen LogP contribution in [-0.2, 0) is 22.6 Å². The second kappa shape index (κ2) is 8.04. The molecule has 2 N–H and O–H groups in total. The molecule has 2 aromatic rings. The first-order valence-electron chi connectivity index (χ1n) is 9.00. The molecule has 5 nitrogen and oxygen atoms in total. The van der Waals surface area contributed by atoms with Gasteiger partial charge in [0.05, 0.1) is 6.54 Å². The van der Waals surface area contributed by atoms with Crippen molar-refractivity contribution < 1.29 is 9.59 Å². The van der Waals surface area contributed by atoms with E-state index in [-0.39, 0.29) is 11.8 Å². The van der Waals surface area contributed by atoms with E-state index < -0.39 is 0 Å². The Morgan fingerprint density at radius 2 is 1.92 bits per heavy atom. The number of carbonyl (C=O) groups excluding carboxylic acids is 2. The number of amides is 2. The number of aryl methyl sites for hydroxylation is 1. The standard InChI is InChI=1S/C21H25N3O2/c1-15-7-3-4-8-17(15)13-22-21(26)14-24-12-6-9-18-19(23-16(2)25)10-5-11-20(18)24/h3-5,7-8,10-11H,6,9,12-14H2,1-2H3,(H,22,26)(H,23,25). The smallest absolute Gasteiger partial charge is 0.239 e. The Morgan fingerprint density at radius 1 is 1.12 bits per heavy atom. The topological polar surface area (TPSA) is 61.4 Å². The molecule has 0 unspecified atom stereocenters. The Hall–Kier alpha value is -2.82. The molecule has 0 aromatic heterocycles. The molecule has 26 heavy (non-hydrogen) atoms. The average Bonchev–Trinajstić information content (AvgIpc) is 2.61. The number of anilines is 2. The fraction of sp³-hybridized carbons (Fsp3) is 0.333. The van der Waals surface area contributed by atoms with Gasteiger partial charge in [-0.3, -0.25) is 9.59 Å². The van der Waals surface area contributed by atoms with E-state index in [2.05, 4.69) is 15.5 Å². The molecule has 1 heterocycles. The minimum atomic E-state index is -0.0773. The molecule has 3 rings (SSSR count). The Morgan fingerprint density at radius 3 is 2.69 bits per heavy atom. The lowest BCUT2D eigenvalue weighted by Gasteiger charge is -2.32. The van der Waals surface area contributed by atoms with Crippen LogP contribution in [0.5, 0.6) is 0 Å². The lowest BCUT2D eigenvalue weighted by molar-refractivity contribution is -0.120. The summed E-state index contributed by atoms with van der Waals surface area (Å²) in [6.45, 7) is 5.26. The summed E-state index contributed by atoms with van der Waals surface area (Å²) in [6.07, 6.45) is 1.88. The molecule has 136 valence electrons. The maximum absolute atomic E-state index is 12.4. The third-order valence-corrected chi connectivity index (χ3v) is 4.73. The van der Waals surface area contributed by atoms with Crippen molar-refractivity contribution in [1.82, 2.24) is 5.32 Å². The van der Waals surface area contributed by atoms with Crippen molar-refractivity contribution in [3.63, 3.8) is 0 Å². The highest BCUT2D eigenvalue weighted by atomic mass is 16.2. The van der Waals surface area contributed by atoms with Gasteiger partial charge >= 0.3 is 0 Å². The molecule has 0 spiro atoms. The number of hydrogen-bond donors (Lipinski definition) is 2. The molecule has 2 aromatic carbocycles. The van der Waals surface area contributed by atoms with Gasteiger partial charge in [0.2, 0.25) is 11.8 Å². The molecular weight excluding hydrogens is 326 g/mol. The molecule has 0 saturated carbocycles. The first kappa shape index (κ1) is 18.0. The van der Waals surface area contributed by atoms with Gasteiger partial charge in [-0.15, -0.1) is 0 Å². The maximum atomic E-state index is 12.4. The number of benzene rings is 2. The van der Waals surface area contributed by atoms with E-state index in [1.165, 1.54) is 12.5 Å². The summed E-state index contributed by atoms with van der Waals surface area (Å²) in [7, 11) is 0. The molecule has 0 saturated heterocycles. The van der Waals surface area contributed by atoms with Gasteiger partial charge in [0, 0.05) is 31.4 Å². The SMILES string of the molecule is CC(=O)Nc1cccc2c1CCCN2CC(=O)NCc1ccccc1C. The predicted octanol–water partition coefficient (Wildman–Crippen LogP) is 3.02. The minimum absolute atomic E-state index is 0.00559. The van der Waals surface area contributed by atoms with Crippen molar-refractivity contribution in [3.05, 3.63) is 59.2 Å². The van der Waals surface area contributed by atoms with Crippen molar-refractivity contribution in [1.29, 1.82) is 0 Å². The third kappa shape index (κ3) is 4.23. The van der Waals surface area contributed by atoms with E-state index in [0.717, 1.165) is 41.9 Å². The number of rotatable bonds is 5. The highest BCUT2D eigenvalue weighted by Crippen LogP contribution is 2.32. The van der Waals surface area contributed by atoms with Crippen molar-refractivity contribution in [2.24, 2.45) is 0 Å². The Labute approximate surface area is 154 Å². The highest BCUT2D eigenvalue weighted by Gasteiger charge is 2.21. The summed E-state index contributed by atoms with van der Waals surface area (Å²) in [5.74, 6) is -0.0717. The summed E-state index contributed by atoms with van der Waals surface area (Å²) >= 11 is 0. The van der Waals surface area contributed by atoms with Crippen molar-refractivity contribution in [2.75, 3.05) is 23.3 Å². The van der Waals surface area contributed by atoms with E-state index in [0.29, 0.717) is 13.1 Å². The second-order valence-corrected chi connectivity index (χ2v) is 6.71. The zero-order chi connectivity index (χ0) is 18.5. The molecule has 5 heteroatoms. The minimum Gasteiger partial charge on any atom is -0.362 e. The van der Waals surface area contributed by atoms with Crippen LogP contribution in [0.4, 0.5) is 11.4 Å². The molecule has 0 fully saturated rings. The van der Waals surface area contributed by atoms with Gasteiger partial charge in [-0.25, -0.2) is 0 Å². The van der Waals surface area contributed by atoms with Crippen LogP contribution in [0.1, 0.15) is 30.0 Å². The molecule has 0 aliphatic carbocycles. The van der Waals surface area contributed by atoms with Gasteiger partial charge in [-0.1, -0.05) is 30.3 Å². The summed E-state index contributed by atoms with van der Waals surface area (Å²) in [5.41, 5.74) is 5.30. The van der Waals surface area contributed by atoms with Gasteiger partial charge in [-0.2, -0.15) is 0 Å². The monoisotopic (exact) mass is 351 g/mol. The summed E-state index contributed by atoms with van der Waals surface area (Å²) in [5, 5.41) is 5.91. The Bertz CT molecular complexity index is 817. The summed E-state index contributed by atoms with van der Waals surface area (Å²) < 4.78 is 0. The zero-order valence-corrected chi connectivity index (χ0v) is 15.3. The summed E-state index contributed by atoms with van der Waals surface area (Å²) in [6, 6.07) is 13.9. The van der Waals surface area contributed by atoms with E-state index in [1.54, 1.807) is 0 Å². The number of nitrogens with one attached hydrogen (secondary N) is 2. The zero-order valence-electron chi connectivity index (χ0n) is 15.3. The Kier molecular flexibility index (Phi) is 5.56. The van der Waals surface area contributed by atoms with E-state index in [1.807, 2.05) is 49.4 Å². The van der Waals surface area contributed by atoms with E-state index >= 15 is 0 Å². The lowest BCUT2D eigenvalue weighted by atomic mass is 9.99. The molecule has 0 bridgehead atoms. The van der Waals surface area contributed by atoms with Crippen molar-refractivity contribution in [3.8, 4) is 0 Å². The van der Waals surface area contributed by atoms with Gasteiger partial charge in [0.15, 0.2) is 0 Å². The fourth-order valence-corrected chi connectivity index (χ4v) is 3.40. The van der Waals surface area contributed by atoms with Crippen LogP contribution in [0.25, 0.3) is 0 Å². The van der Waals surface area contributed by atoms with E-state index in [9.17, 15) is 9.59 Å². The van der Waals surface area contributed by atoms with Gasteiger partial charge in [0.25, 0.3) is 0 Å². The number of carbonyl (C=O) groups is 2. The molecule has 2 amide bonds. The second-order valence-electron chi connectivity index (χ2n) is 6.71. The molecule has 0 radical (unpaired) electrons. The number of fused-ring (bicyclic) bond motifs is 1. The van der Waals surface area contributed by atoms with Crippen molar-refractivity contribution >= 4 is 23.2 Å². The van der Waals surface area contributed by atoms with Crippen LogP contribution in [0, 0.1) is 6.92 Å². The van der Waals surface area contributed by atoms with E-state index in [4.69, 9.17) is 0 Å². The fourth-order valence-electron chi connectivity index (χ4n) is 3.40. The molecular formula is C21H25N3O2. The van der Waals surface area contributed by atoms with Crippen LogP contribution in [0.2, 0.25) is 0 Å². The first-order valence-corrected chi connectivity index (χ1v) is 9.00. The third-order valence-electron chi connectivity index (χ3n) is 4.73. The van der Waals surface area contributed by atoms with Gasteiger partial charge < -0.3 is 15.5 Å². The molecule has 1 aliphatic rings. The largest absolute Gasteiger partial charge is 0.362 e. The number of hydrogen-bond acceptors (Lipinski definition) is 3. The van der Waals surface area contributed by atoms with Crippen LogP contribution in [0.3, 0.4) is 0 Å². The lowest BCUT2D eigenvalue weighted by Crippen LogP contribution is -2.39.